The maximum Gasteiger partial charge on any atom is 0.0619 e. The molecule has 0 N–H and O–H groups in total. The van der Waals surface area contributed by atoms with E-state index in [0.717, 1.165) is 0 Å². The molecule has 0 amide bonds. The van der Waals surface area contributed by atoms with E-state index in [1.54, 1.807) is 0 Å². The Labute approximate surface area is 271 Å². The fraction of sp³-hybridized carbons (Fsp3) is 0. The van der Waals surface area contributed by atoms with Crippen molar-refractivity contribution < 1.29 is 0 Å². The van der Waals surface area contributed by atoms with Crippen LogP contribution in [-0.2, 0) is 0 Å². The zero-order chi connectivity index (χ0) is 30.2. The lowest BCUT2D eigenvalue weighted by Gasteiger charge is -2.21. The summed E-state index contributed by atoms with van der Waals surface area (Å²) in [6.45, 7) is 0. The van der Waals surface area contributed by atoms with Crippen LogP contribution in [0.25, 0.3) is 82.4 Å². The van der Waals surface area contributed by atoms with Crippen molar-refractivity contribution in [3.63, 3.8) is 0 Å². The van der Waals surface area contributed by atoms with Crippen molar-refractivity contribution in [1.82, 2.24) is 4.57 Å². The third-order valence-corrected chi connectivity index (χ3v) is 10.7. The third-order valence-electron chi connectivity index (χ3n) is 9.57. The lowest BCUT2D eigenvalue weighted by molar-refractivity contribution is 1.19. The van der Waals surface area contributed by atoms with Crippen LogP contribution in [-0.4, -0.2) is 4.57 Å². The van der Waals surface area contributed by atoms with Crippen molar-refractivity contribution in [1.29, 1.82) is 0 Å². The fourth-order valence-corrected chi connectivity index (χ4v) is 8.54. The maximum absolute atomic E-state index is 2.41. The second kappa shape index (κ2) is 9.97. The molecule has 0 saturated carbocycles. The first-order chi connectivity index (χ1) is 22.8. The zero-order valence-electron chi connectivity index (χ0n) is 24.9. The molecular weight excluding hydrogens is 575 g/mol. The van der Waals surface area contributed by atoms with Crippen molar-refractivity contribution in [3.05, 3.63) is 164 Å². The Hall–Kier alpha value is -5.57. The van der Waals surface area contributed by atoms with Crippen molar-refractivity contribution in [2.24, 2.45) is 0 Å². The summed E-state index contributed by atoms with van der Waals surface area (Å²) in [6, 6.07) is 60.2. The van der Waals surface area contributed by atoms with E-state index in [1.807, 2.05) is 11.8 Å². The van der Waals surface area contributed by atoms with Gasteiger partial charge in [-0.05, 0) is 86.6 Å². The lowest BCUT2D eigenvalue weighted by Crippen LogP contribution is -1.94. The quantitative estimate of drug-likeness (QED) is 0.195. The molecule has 1 aliphatic heterocycles. The molecular formula is C44H27NS. The third kappa shape index (κ3) is 3.84. The second-order valence-corrected chi connectivity index (χ2v) is 13.2. The molecule has 10 rings (SSSR count). The summed E-state index contributed by atoms with van der Waals surface area (Å²) in [5.74, 6) is 0. The minimum Gasteiger partial charge on any atom is -0.309 e. The molecule has 2 heteroatoms. The van der Waals surface area contributed by atoms with Gasteiger partial charge in [-0.1, -0.05) is 133 Å². The van der Waals surface area contributed by atoms with Crippen LogP contribution in [0.5, 0.6) is 0 Å². The highest BCUT2D eigenvalue weighted by Gasteiger charge is 2.20. The highest BCUT2D eigenvalue weighted by Crippen LogP contribution is 2.48. The van der Waals surface area contributed by atoms with Gasteiger partial charge in [0.2, 0.25) is 0 Å². The predicted molar refractivity (Wildman–Crippen MR) is 196 cm³/mol. The molecule has 9 aromatic rings. The normalized spacial score (nSPS) is 12.3. The van der Waals surface area contributed by atoms with E-state index in [4.69, 9.17) is 0 Å². The highest BCUT2D eigenvalue weighted by atomic mass is 32.2. The van der Waals surface area contributed by atoms with Gasteiger partial charge in [-0.15, -0.1) is 0 Å². The number of fused-ring (bicyclic) bond motifs is 7. The zero-order valence-corrected chi connectivity index (χ0v) is 25.8. The Kier molecular flexibility index (Phi) is 5.58. The molecule has 0 unspecified atom stereocenters. The summed E-state index contributed by atoms with van der Waals surface area (Å²) in [5.41, 5.74) is 11.3. The Morgan fingerprint density at radius 2 is 1.09 bits per heavy atom. The van der Waals surface area contributed by atoms with Crippen molar-refractivity contribution >= 4 is 55.1 Å². The minimum atomic E-state index is 1.18. The van der Waals surface area contributed by atoms with E-state index in [2.05, 4.69) is 168 Å². The van der Waals surface area contributed by atoms with Gasteiger partial charge in [0, 0.05) is 37.0 Å². The smallest absolute Gasteiger partial charge is 0.0619 e. The molecule has 0 atom stereocenters. The van der Waals surface area contributed by atoms with E-state index in [1.165, 1.54) is 92.2 Å². The molecule has 1 aliphatic rings. The monoisotopic (exact) mass is 601 g/mol. The topological polar surface area (TPSA) is 4.93 Å². The summed E-state index contributed by atoms with van der Waals surface area (Å²) in [6.07, 6.45) is 0. The van der Waals surface area contributed by atoms with Crippen molar-refractivity contribution in [3.8, 4) is 39.1 Å². The fourth-order valence-electron chi connectivity index (χ4n) is 7.41. The predicted octanol–water partition coefficient (Wildman–Crippen LogP) is 12.6. The van der Waals surface area contributed by atoms with Gasteiger partial charge in [-0.2, -0.15) is 0 Å². The summed E-state index contributed by atoms with van der Waals surface area (Å²) in [4.78, 5) is 2.67. The van der Waals surface area contributed by atoms with Gasteiger partial charge in [0.05, 0.1) is 11.0 Å². The molecule has 1 nitrogen and oxygen atoms in total. The Morgan fingerprint density at radius 3 is 1.93 bits per heavy atom. The molecule has 8 aromatic carbocycles. The van der Waals surface area contributed by atoms with E-state index >= 15 is 0 Å². The number of para-hydroxylation sites is 2. The second-order valence-electron chi connectivity index (χ2n) is 12.1. The number of hydrogen-bond acceptors (Lipinski definition) is 1. The van der Waals surface area contributed by atoms with Gasteiger partial charge >= 0.3 is 0 Å². The van der Waals surface area contributed by atoms with Crippen LogP contribution in [0.1, 0.15) is 0 Å². The van der Waals surface area contributed by atoms with Gasteiger partial charge < -0.3 is 4.57 Å². The summed E-state index contributed by atoms with van der Waals surface area (Å²) < 4.78 is 2.41. The summed E-state index contributed by atoms with van der Waals surface area (Å²) in [5, 5.41) is 7.75. The minimum absolute atomic E-state index is 1.18. The number of nitrogens with zero attached hydrogens (tertiary/aromatic N) is 1. The van der Waals surface area contributed by atoms with Crippen LogP contribution in [0, 0.1) is 0 Å². The molecule has 0 fully saturated rings. The SMILES string of the molecule is c1ccc(-n2c3ccccc3c3ccc4cc(-c5ccc(-c6ccc7c(c6)-c6cccc8cccc(c68)S7)cc5)ccc4c32)cc1. The van der Waals surface area contributed by atoms with Gasteiger partial charge in [0.1, 0.15) is 0 Å². The number of benzene rings is 8. The first-order valence-electron chi connectivity index (χ1n) is 15.8. The number of hydrogen-bond donors (Lipinski definition) is 0. The molecule has 2 heterocycles. The van der Waals surface area contributed by atoms with Crippen LogP contribution in [0.15, 0.2) is 174 Å². The van der Waals surface area contributed by atoms with Crippen molar-refractivity contribution in [2.75, 3.05) is 0 Å². The first kappa shape index (κ1) is 25.7. The van der Waals surface area contributed by atoms with Crippen molar-refractivity contribution in [2.45, 2.75) is 9.79 Å². The number of aromatic nitrogens is 1. The van der Waals surface area contributed by atoms with E-state index in [9.17, 15) is 0 Å². The average molecular weight is 602 g/mol. The molecule has 214 valence electrons. The molecule has 0 saturated heterocycles. The Bertz CT molecular complexity index is 2640. The average Bonchev–Trinajstić information content (AvgIpc) is 3.47. The van der Waals surface area contributed by atoms with Gasteiger partial charge in [0.25, 0.3) is 0 Å². The Balaban J connectivity index is 1.05. The van der Waals surface area contributed by atoms with Crippen LogP contribution >= 0.6 is 11.8 Å². The molecule has 0 spiro atoms. The number of rotatable bonds is 3. The van der Waals surface area contributed by atoms with Gasteiger partial charge in [-0.3, -0.25) is 0 Å². The van der Waals surface area contributed by atoms with Crippen LogP contribution in [0.3, 0.4) is 0 Å². The first-order valence-corrected chi connectivity index (χ1v) is 16.6. The molecule has 0 aliphatic carbocycles. The molecule has 0 bridgehead atoms. The Morgan fingerprint density at radius 1 is 0.391 bits per heavy atom. The summed E-state index contributed by atoms with van der Waals surface area (Å²) in [7, 11) is 0. The standard InChI is InChI=1S/C44H27NS/c1-2-10-34(11-3-1)45-40-14-5-4-12-36(40)38-24-21-33-26-31(20-23-35(33)44(38)45)28-16-18-29(19-17-28)32-22-25-41-39(27-32)37-13-6-8-30-9-7-15-42(46-41)43(30)37/h1-27H. The van der Waals surface area contributed by atoms with E-state index < -0.39 is 0 Å². The van der Waals surface area contributed by atoms with Gasteiger partial charge in [-0.25, -0.2) is 0 Å². The maximum atomic E-state index is 2.41. The van der Waals surface area contributed by atoms with Crippen LogP contribution < -0.4 is 0 Å². The summed E-state index contributed by atoms with van der Waals surface area (Å²) >= 11 is 1.88. The largest absolute Gasteiger partial charge is 0.309 e. The van der Waals surface area contributed by atoms with E-state index in [-0.39, 0.29) is 0 Å². The lowest BCUT2D eigenvalue weighted by atomic mass is 9.93. The molecule has 46 heavy (non-hydrogen) atoms. The highest BCUT2D eigenvalue weighted by molar-refractivity contribution is 7.99. The molecule has 0 radical (unpaired) electrons. The van der Waals surface area contributed by atoms with Crippen LogP contribution in [0.4, 0.5) is 0 Å². The van der Waals surface area contributed by atoms with Crippen LogP contribution in [0.2, 0.25) is 0 Å². The van der Waals surface area contributed by atoms with Gasteiger partial charge in [0.15, 0.2) is 0 Å². The molecule has 1 aromatic heterocycles. The van der Waals surface area contributed by atoms with E-state index in [0.29, 0.717) is 0 Å².